The van der Waals surface area contributed by atoms with Crippen LogP contribution in [0, 0.1) is 0 Å². The van der Waals surface area contributed by atoms with Gasteiger partial charge in [0.25, 0.3) is 0 Å². The minimum atomic E-state index is -0.533. The molecule has 3 amide bonds. The quantitative estimate of drug-likeness (QED) is 0.931. The highest BCUT2D eigenvalue weighted by Gasteiger charge is 2.29. The van der Waals surface area contributed by atoms with E-state index in [0.717, 1.165) is 16.7 Å². The van der Waals surface area contributed by atoms with Crippen molar-refractivity contribution in [1.29, 1.82) is 0 Å². The molecule has 0 spiro atoms. The number of carbonyl (C=O) groups excluding carboxylic acids is 2. The summed E-state index contributed by atoms with van der Waals surface area (Å²) in [6.45, 7) is 11.1. The van der Waals surface area contributed by atoms with Crippen LogP contribution in [0.4, 0.5) is 4.79 Å². The largest absolute Gasteiger partial charge is 0.342 e. The van der Waals surface area contributed by atoms with Gasteiger partial charge >= 0.3 is 6.03 Å². The Hall–Kier alpha value is -2.30. The summed E-state index contributed by atoms with van der Waals surface area (Å²) in [5, 5.41) is 3.03. The zero-order chi connectivity index (χ0) is 17.2. The lowest BCUT2D eigenvalue weighted by atomic mass is 9.92. The van der Waals surface area contributed by atoms with Crippen molar-refractivity contribution in [3.8, 4) is 0 Å². The maximum absolute atomic E-state index is 12.5. The topological polar surface area (TPSA) is 52.7 Å². The van der Waals surface area contributed by atoms with Gasteiger partial charge in [-0.1, -0.05) is 30.4 Å². The molecule has 1 aromatic carbocycles. The summed E-state index contributed by atoms with van der Waals surface area (Å²) in [5.74, 6) is -0.0338. The van der Waals surface area contributed by atoms with E-state index in [4.69, 9.17) is 0 Å². The molecular formula is C18H25N3O2. The third-order valence-electron chi connectivity index (χ3n) is 4.24. The predicted molar refractivity (Wildman–Crippen MR) is 91.9 cm³/mol. The summed E-state index contributed by atoms with van der Waals surface area (Å²) in [5.41, 5.74) is 2.51. The zero-order valence-corrected chi connectivity index (χ0v) is 14.3. The number of urea groups is 1. The molecule has 1 aliphatic heterocycles. The van der Waals surface area contributed by atoms with E-state index < -0.39 is 5.54 Å². The third-order valence-corrected chi connectivity index (χ3v) is 4.24. The highest BCUT2D eigenvalue weighted by molar-refractivity contribution is 5.85. The Balaban J connectivity index is 2.11. The van der Waals surface area contributed by atoms with Crippen molar-refractivity contribution in [2.75, 3.05) is 26.7 Å². The van der Waals surface area contributed by atoms with Gasteiger partial charge in [-0.05, 0) is 38.0 Å². The molecule has 0 aromatic heterocycles. The zero-order valence-electron chi connectivity index (χ0n) is 14.3. The summed E-state index contributed by atoms with van der Waals surface area (Å²) in [7, 11) is 1.75. The van der Waals surface area contributed by atoms with Crippen LogP contribution < -0.4 is 5.32 Å². The SMILES string of the molecule is C=C(C)c1cccc(C(C)(C)NC(=O)N2CCN(C)C(=O)C2)c1. The summed E-state index contributed by atoms with van der Waals surface area (Å²) in [6.07, 6.45) is 0. The van der Waals surface area contributed by atoms with E-state index >= 15 is 0 Å². The van der Waals surface area contributed by atoms with Crippen LogP contribution in [0.5, 0.6) is 0 Å². The second-order valence-corrected chi connectivity index (χ2v) is 6.65. The number of hydrogen-bond acceptors (Lipinski definition) is 2. The summed E-state index contributed by atoms with van der Waals surface area (Å²) in [4.78, 5) is 27.4. The Morgan fingerprint density at radius 2 is 2.00 bits per heavy atom. The maximum Gasteiger partial charge on any atom is 0.318 e. The Bertz CT molecular complexity index is 637. The first kappa shape index (κ1) is 17.1. The molecule has 1 saturated heterocycles. The summed E-state index contributed by atoms with van der Waals surface area (Å²) >= 11 is 0. The molecule has 0 atom stereocenters. The van der Waals surface area contributed by atoms with Crippen LogP contribution in [0.2, 0.25) is 0 Å². The van der Waals surface area contributed by atoms with Crippen molar-refractivity contribution in [1.82, 2.24) is 15.1 Å². The van der Waals surface area contributed by atoms with Gasteiger partial charge in [0.15, 0.2) is 0 Å². The lowest BCUT2D eigenvalue weighted by Gasteiger charge is -2.35. The van der Waals surface area contributed by atoms with Crippen LogP contribution in [0.15, 0.2) is 30.8 Å². The first-order chi connectivity index (χ1) is 10.7. The molecule has 1 fully saturated rings. The molecule has 2 rings (SSSR count). The number of amides is 3. The van der Waals surface area contributed by atoms with Gasteiger partial charge in [-0.3, -0.25) is 4.79 Å². The van der Waals surface area contributed by atoms with Crippen molar-refractivity contribution < 1.29 is 9.59 Å². The van der Waals surface area contributed by atoms with Gasteiger partial charge in [0.05, 0.1) is 5.54 Å². The van der Waals surface area contributed by atoms with Gasteiger partial charge in [-0.25, -0.2) is 4.79 Å². The lowest BCUT2D eigenvalue weighted by molar-refractivity contribution is -0.133. The van der Waals surface area contributed by atoms with Crippen molar-refractivity contribution in [3.63, 3.8) is 0 Å². The fraction of sp³-hybridized carbons (Fsp3) is 0.444. The van der Waals surface area contributed by atoms with Gasteiger partial charge in [-0.15, -0.1) is 0 Å². The number of allylic oxidation sites excluding steroid dienone is 1. The van der Waals surface area contributed by atoms with E-state index in [-0.39, 0.29) is 18.5 Å². The molecule has 1 N–H and O–H groups in total. The number of benzene rings is 1. The van der Waals surface area contributed by atoms with Gasteiger partial charge in [0.1, 0.15) is 6.54 Å². The normalized spacial score (nSPS) is 15.6. The Morgan fingerprint density at radius 1 is 1.30 bits per heavy atom. The Morgan fingerprint density at radius 3 is 2.61 bits per heavy atom. The number of nitrogens with zero attached hydrogens (tertiary/aromatic N) is 2. The molecule has 0 saturated carbocycles. The van der Waals surface area contributed by atoms with Crippen LogP contribution in [-0.2, 0) is 10.3 Å². The average Bonchev–Trinajstić information content (AvgIpc) is 2.49. The number of piperazine rings is 1. The number of hydrogen-bond donors (Lipinski definition) is 1. The van der Waals surface area contributed by atoms with Crippen LogP contribution in [0.1, 0.15) is 31.9 Å². The summed E-state index contributed by atoms with van der Waals surface area (Å²) in [6, 6.07) is 7.78. The highest BCUT2D eigenvalue weighted by Crippen LogP contribution is 2.24. The second kappa shape index (κ2) is 6.44. The average molecular weight is 315 g/mol. The van der Waals surface area contributed by atoms with Gasteiger partial charge in [0, 0.05) is 20.1 Å². The Kier molecular flexibility index (Phi) is 4.78. The van der Waals surface area contributed by atoms with E-state index in [2.05, 4.69) is 11.9 Å². The molecule has 0 unspecified atom stereocenters. The molecule has 1 heterocycles. The maximum atomic E-state index is 12.5. The van der Waals surface area contributed by atoms with Crippen molar-refractivity contribution >= 4 is 17.5 Å². The number of likely N-dealkylation sites (N-methyl/N-ethyl adjacent to an activating group) is 1. The second-order valence-electron chi connectivity index (χ2n) is 6.65. The third kappa shape index (κ3) is 3.92. The smallest absolute Gasteiger partial charge is 0.318 e. The monoisotopic (exact) mass is 315 g/mol. The molecule has 0 radical (unpaired) electrons. The molecule has 0 bridgehead atoms. The molecule has 124 valence electrons. The number of rotatable bonds is 3. The van der Waals surface area contributed by atoms with E-state index in [1.807, 2.05) is 45.0 Å². The summed E-state index contributed by atoms with van der Waals surface area (Å²) < 4.78 is 0. The first-order valence-corrected chi connectivity index (χ1v) is 7.78. The highest BCUT2D eigenvalue weighted by atomic mass is 16.2. The molecule has 1 aromatic rings. The molecule has 1 aliphatic rings. The standard InChI is InChI=1S/C18H25N3O2/c1-13(2)14-7-6-8-15(11-14)18(3,4)19-17(23)21-10-9-20(5)16(22)12-21/h6-8,11H,1,9-10,12H2,2-5H3,(H,19,23). The fourth-order valence-electron chi connectivity index (χ4n) is 2.52. The van der Waals surface area contributed by atoms with Gasteiger partial charge in [0.2, 0.25) is 5.91 Å². The fourth-order valence-corrected chi connectivity index (χ4v) is 2.52. The van der Waals surface area contributed by atoms with Gasteiger partial charge < -0.3 is 15.1 Å². The number of carbonyl (C=O) groups is 2. The van der Waals surface area contributed by atoms with Crippen molar-refractivity contribution in [3.05, 3.63) is 42.0 Å². The van der Waals surface area contributed by atoms with E-state index in [1.54, 1.807) is 16.8 Å². The van der Waals surface area contributed by atoms with Crippen LogP contribution in [-0.4, -0.2) is 48.4 Å². The van der Waals surface area contributed by atoms with Crippen molar-refractivity contribution in [2.24, 2.45) is 0 Å². The predicted octanol–water partition coefficient (Wildman–Crippen LogP) is 2.44. The Labute approximate surface area is 138 Å². The minimum absolute atomic E-state index is 0.0338. The van der Waals surface area contributed by atoms with Gasteiger partial charge in [-0.2, -0.15) is 0 Å². The first-order valence-electron chi connectivity index (χ1n) is 7.78. The lowest BCUT2D eigenvalue weighted by Crippen LogP contribution is -2.56. The molecule has 5 nitrogen and oxygen atoms in total. The van der Waals surface area contributed by atoms with E-state index in [9.17, 15) is 9.59 Å². The van der Waals surface area contributed by atoms with E-state index in [1.165, 1.54) is 0 Å². The van der Waals surface area contributed by atoms with Crippen molar-refractivity contribution in [2.45, 2.75) is 26.3 Å². The number of nitrogens with one attached hydrogen (secondary N) is 1. The molecular weight excluding hydrogens is 290 g/mol. The van der Waals surface area contributed by atoms with Crippen LogP contribution in [0.3, 0.4) is 0 Å². The van der Waals surface area contributed by atoms with E-state index in [0.29, 0.717) is 13.1 Å². The minimum Gasteiger partial charge on any atom is -0.342 e. The molecule has 0 aliphatic carbocycles. The van der Waals surface area contributed by atoms with Crippen LogP contribution >= 0.6 is 0 Å². The van der Waals surface area contributed by atoms with Crippen LogP contribution in [0.25, 0.3) is 5.57 Å². The molecule has 5 heteroatoms. The molecule has 23 heavy (non-hydrogen) atoms.